The molecule has 1 aromatic heterocycles. The zero-order valence-electron chi connectivity index (χ0n) is 8.31. The van der Waals surface area contributed by atoms with Crippen LogP contribution in [-0.2, 0) is 0 Å². The van der Waals surface area contributed by atoms with E-state index in [1.807, 2.05) is 11.8 Å². The van der Waals surface area contributed by atoms with Gasteiger partial charge in [-0.3, -0.25) is 5.41 Å². The zero-order valence-corrected chi connectivity index (χ0v) is 9.13. The number of anilines is 1. The third kappa shape index (κ3) is 2.20. The molecule has 0 unspecified atom stereocenters. The lowest BCUT2D eigenvalue weighted by molar-refractivity contribution is 0.816. The number of nitrogen functional groups attached to an aromatic ring is 1. The SMILES string of the molecule is N=C(N)c1ccnnc1N1CCSCC1. The van der Waals surface area contributed by atoms with E-state index in [1.165, 1.54) is 0 Å². The van der Waals surface area contributed by atoms with Crippen LogP contribution < -0.4 is 10.6 Å². The van der Waals surface area contributed by atoms with Crippen LogP contribution in [0.3, 0.4) is 0 Å². The number of hydrogen-bond donors (Lipinski definition) is 2. The van der Waals surface area contributed by atoms with Crippen LogP contribution in [0, 0.1) is 5.41 Å². The second-order valence-corrected chi connectivity index (χ2v) is 4.51. The third-order valence-corrected chi connectivity index (χ3v) is 3.24. The van der Waals surface area contributed by atoms with Gasteiger partial charge in [-0.15, -0.1) is 5.10 Å². The molecule has 1 aromatic rings. The van der Waals surface area contributed by atoms with E-state index in [9.17, 15) is 0 Å². The van der Waals surface area contributed by atoms with Crippen molar-refractivity contribution in [2.45, 2.75) is 0 Å². The van der Waals surface area contributed by atoms with Gasteiger partial charge in [0.25, 0.3) is 0 Å². The molecular formula is C9H13N5S. The fourth-order valence-corrected chi connectivity index (χ4v) is 2.45. The zero-order chi connectivity index (χ0) is 10.7. The number of nitrogens with two attached hydrogens (primary N) is 1. The van der Waals surface area contributed by atoms with Gasteiger partial charge in [0.15, 0.2) is 5.82 Å². The molecule has 0 saturated carbocycles. The van der Waals surface area contributed by atoms with Crippen molar-refractivity contribution in [3.63, 3.8) is 0 Å². The Bertz CT molecular complexity index is 361. The fraction of sp³-hybridized carbons (Fsp3) is 0.444. The maximum absolute atomic E-state index is 7.47. The molecule has 0 spiro atoms. The number of aromatic nitrogens is 2. The first kappa shape index (κ1) is 10.2. The Morgan fingerprint density at radius 2 is 2.20 bits per heavy atom. The van der Waals surface area contributed by atoms with Gasteiger partial charge in [-0.05, 0) is 6.07 Å². The van der Waals surface area contributed by atoms with Crippen molar-refractivity contribution in [3.8, 4) is 0 Å². The minimum atomic E-state index is 0.0538. The van der Waals surface area contributed by atoms with E-state index in [0.717, 1.165) is 30.4 Å². The summed E-state index contributed by atoms with van der Waals surface area (Å²) in [5, 5.41) is 15.4. The summed E-state index contributed by atoms with van der Waals surface area (Å²) in [6, 6.07) is 1.74. The molecule has 80 valence electrons. The summed E-state index contributed by atoms with van der Waals surface area (Å²) in [5.74, 6) is 2.98. The standard InChI is InChI=1S/C9H13N5S/c10-8(11)7-1-2-12-13-9(7)14-3-5-15-6-4-14/h1-2H,3-6H2,(H3,10,11). The maximum atomic E-state index is 7.47. The quantitative estimate of drug-likeness (QED) is 0.557. The highest BCUT2D eigenvalue weighted by Crippen LogP contribution is 2.19. The van der Waals surface area contributed by atoms with Crippen molar-refractivity contribution < 1.29 is 0 Å². The summed E-state index contributed by atoms with van der Waals surface area (Å²) < 4.78 is 0. The molecule has 0 radical (unpaired) electrons. The molecule has 2 rings (SSSR count). The second-order valence-electron chi connectivity index (χ2n) is 3.28. The smallest absolute Gasteiger partial charge is 0.162 e. The summed E-state index contributed by atoms with van der Waals surface area (Å²) in [5.41, 5.74) is 6.18. The minimum absolute atomic E-state index is 0.0538. The predicted octanol–water partition coefficient (Wildman–Crippen LogP) is 0.314. The van der Waals surface area contributed by atoms with Gasteiger partial charge in [-0.2, -0.15) is 16.9 Å². The molecule has 6 heteroatoms. The molecule has 0 amide bonds. The van der Waals surface area contributed by atoms with E-state index in [4.69, 9.17) is 11.1 Å². The molecule has 1 aliphatic rings. The molecule has 0 aromatic carbocycles. The van der Waals surface area contributed by atoms with Crippen LogP contribution in [0.25, 0.3) is 0 Å². The van der Waals surface area contributed by atoms with Crippen molar-refractivity contribution in [2.75, 3.05) is 29.5 Å². The molecular weight excluding hydrogens is 210 g/mol. The molecule has 2 heterocycles. The van der Waals surface area contributed by atoms with E-state index in [1.54, 1.807) is 12.3 Å². The molecule has 1 aliphatic heterocycles. The van der Waals surface area contributed by atoms with Gasteiger partial charge in [0.2, 0.25) is 0 Å². The van der Waals surface area contributed by atoms with E-state index in [0.29, 0.717) is 5.56 Å². The first-order chi connectivity index (χ1) is 7.29. The lowest BCUT2D eigenvalue weighted by Gasteiger charge is -2.28. The molecule has 0 bridgehead atoms. The number of nitrogens with zero attached hydrogens (tertiary/aromatic N) is 3. The highest BCUT2D eigenvalue weighted by Gasteiger charge is 2.17. The highest BCUT2D eigenvalue weighted by molar-refractivity contribution is 7.99. The summed E-state index contributed by atoms with van der Waals surface area (Å²) in [7, 11) is 0. The molecule has 1 saturated heterocycles. The van der Waals surface area contributed by atoms with Crippen molar-refractivity contribution in [1.29, 1.82) is 5.41 Å². The molecule has 15 heavy (non-hydrogen) atoms. The molecule has 3 N–H and O–H groups in total. The summed E-state index contributed by atoms with van der Waals surface area (Å²) in [6.07, 6.45) is 1.57. The Labute approximate surface area is 92.6 Å². The lowest BCUT2D eigenvalue weighted by atomic mass is 10.2. The summed E-state index contributed by atoms with van der Waals surface area (Å²) in [6.45, 7) is 1.90. The van der Waals surface area contributed by atoms with Gasteiger partial charge in [0.05, 0.1) is 11.8 Å². The van der Waals surface area contributed by atoms with E-state index in [-0.39, 0.29) is 5.84 Å². The van der Waals surface area contributed by atoms with Crippen LogP contribution in [0.15, 0.2) is 12.3 Å². The largest absolute Gasteiger partial charge is 0.384 e. The monoisotopic (exact) mass is 223 g/mol. The Morgan fingerprint density at radius 1 is 1.47 bits per heavy atom. The third-order valence-electron chi connectivity index (χ3n) is 2.30. The van der Waals surface area contributed by atoms with Crippen molar-refractivity contribution in [2.24, 2.45) is 5.73 Å². The van der Waals surface area contributed by atoms with Gasteiger partial charge in [0, 0.05) is 24.6 Å². The first-order valence-electron chi connectivity index (χ1n) is 4.78. The Kier molecular flexibility index (Phi) is 3.05. The molecule has 5 nitrogen and oxygen atoms in total. The van der Waals surface area contributed by atoms with Crippen LogP contribution in [-0.4, -0.2) is 40.6 Å². The van der Waals surface area contributed by atoms with Crippen LogP contribution >= 0.6 is 11.8 Å². The van der Waals surface area contributed by atoms with Crippen LogP contribution in [0.4, 0.5) is 5.82 Å². The van der Waals surface area contributed by atoms with Crippen molar-refractivity contribution >= 4 is 23.4 Å². The van der Waals surface area contributed by atoms with Crippen molar-refractivity contribution in [3.05, 3.63) is 17.8 Å². The fourth-order valence-electron chi connectivity index (χ4n) is 1.54. The predicted molar refractivity (Wildman–Crippen MR) is 62.6 cm³/mol. The topological polar surface area (TPSA) is 78.9 Å². The number of amidine groups is 1. The Morgan fingerprint density at radius 3 is 2.87 bits per heavy atom. The summed E-state index contributed by atoms with van der Waals surface area (Å²) in [4.78, 5) is 2.14. The Balaban J connectivity index is 2.29. The average molecular weight is 223 g/mol. The van der Waals surface area contributed by atoms with Gasteiger partial charge in [0.1, 0.15) is 5.84 Å². The van der Waals surface area contributed by atoms with E-state index in [2.05, 4.69) is 15.1 Å². The number of thioether (sulfide) groups is 1. The van der Waals surface area contributed by atoms with Gasteiger partial charge >= 0.3 is 0 Å². The first-order valence-corrected chi connectivity index (χ1v) is 5.93. The normalized spacial score (nSPS) is 16.4. The van der Waals surface area contributed by atoms with Gasteiger partial charge in [-0.1, -0.05) is 0 Å². The Hall–Kier alpha value is -1.30. The van der Waals surface area contributed by atoms with Crippen molar-refractivity contribution in [1.82, 2.24) is 10.2 Å². The maximum Gasteiger partial charge on any atom is 0.162 e. The molecule has 0 atom stereocenters. The van der Waals surface area contributed by atoms with Gasteiger partial charge < -0.3 is 10.6 Å². The van der Waals surface area contributed by atoms with E-state index < -0.39 is 0 Å². The number of nitrogens with one attached hydrogen (secondary N) is 1. The summed E-state index contributed by atoms with van der Waals surface area (Å²) >= 11 is 1.93. The highest BCUT2D eigenvalue weighted by atomic mass is 32.2. The lowest BCUT2D eigenvalue weighted by Crippen LogP contribution is -2.35. The minimum Gasteiger partial charge on any atom is -0.384 e. The van der Waals surface area contributed by atoms with Gasteiger partial charge in [-0.25, -0.2) is 0 Å². The van der Waals surface area contributed by atoms with E-state index >= 15 is 0 Å². The number of hydrogen-bond acceptors (Lipinski definition) is 5. The second kappa shape index (κ2) is 4.48. The van der Waals surface area contributed by atoms with Crippen LogP contribution in [0.1, 0.15) is 5.56 Å². The van der Waals surface area contributed by atoms with Crippen LogP contribution in [0.5, 0.6) is 0 Å². The molecule has 0 aliphatic carbocycles. The molecule has 1 fully saturated rings. The average Bonchev–Trinajstić information content (AvgIpc) is 2.30. The van der Waals surface area contributed by atoms with Crippen LogP contribution in [0.2, 0.25) is 0 Å². The number of rotatable bonds is 2.